The Balaban J connectivity index is 2.29. The van der Waals surface area contributed by atoms with Crippen LogP contribution in [0.1, 0.15) is 0 Å². The summed E-state index contributed by atoms with van der Waals surface area (Å²) in [6, 6.07) is 5.70. The van der Waals surface area contributed by atoms with E-state index in [0.29, 0.717) is 0 Å². The topological polar surface area (TPSA) is 66.8 Å². The number of aliphatic carboxylic acids is 1. The van der Waals surface area contributed by atoms with Crippen LogP contribution in [-0.4, -0.2) is 37.2 Å². The highest BCUT2D eigenvalue weighted by atomic mass is 19.1. The highest BCUT2D eigenvalue weighted by molar-refractivity contribution is 6.10. The fourth-order valence-corrected chi connectivity index (χ4v) is 1.80. The van der Waals surface area contributed by atoms with Crippen molar-refractivity contribution >= 4 is 17.6 Å². The number of carboxylic acid groups (broad SMARTS) is 1. The normalized spacial score (nSPS) is 16.8. The van der Waals surface area contributed by atoms with Crippen molar-refractivity contribution in [1.29, 1.82) is 0 Å². The Labute approximate surface area is 103 Å². The summed E-state index contributed by atoms with van der Waals surface area (Å²) in [7, 11) is 1.35. The number of ether oxygens (including phenoxy) is 1. The number of carbonyl (C=O) groups is 2. The highest BCUT2D eigenvalue weighted by Gasteiger charge is 2.54. The van der Waals surface area contributed by atoms with Crippen molar-refractivity contribution < 1.29 is 23.8 Å². The summed E-state index contributed by atoms with van der Waals surface area (Å²) in [5.41, 5.74) is -1.54. The Morgan fingerprint density at radius 3 is 2.44 bits per heavy atom. The van der Waals surface area contributed by atoms with Gasteiger partial charge in [-0.1, -0.05) is 12.1 Å². The average molecular weight is 253 g/mol. The number of hydrogen-bond donors (Lipinski definition) is 1. The largest absolute Gasteiger partial charge is 0.480 e. The lowest BCUT2D eigenvalue weighted by molar-refractivity contribution is -0.183. The molecule has 1 saturated heterocycles. The van der Waals surface area contributed by atoms with E-state index in [0.717, 1.165) is 4.90 Å². The molecule has 6 heteroatoms. The van der Waals surface area contributed by atoms with Crippen LogP contribution in [0, 0.1) is 11.2 Å². The van der Waals surface area contributed by atoms with Gasteiger partial charge in [0.05, 0.1) is 18.9 Å². The van der Waals surface area contributed by atoms with Gasteiger partial charge in [-0.15, -0.1) is 0 Å². The maximum absolute atomic E-state index is 13.5. The molecule has 0 saturated carbocycles. The Hall–Kier alpha value is -1.95. The lowest BCUT2D eigenvalue weighted by Crippen LogP contribution is -2.59. The molecule has 1 N–H and O–H groups in total. The Morgan fingerprint density at radius 1 is 1.39 bits per heavy atom. The van der Waals surface area contributed by atoms with Crippen LogP contribution in [0.25, 0.3) is 0 Å². The molecule has 1 fully saturated rings. The molecule has 0 spiro atoms. The van der Waals surface area contributed by atoms with E-state index in [-0.39, 0.29) is 18.9 Å². The molecule has 0 atom stereocenters. The van der Waals surface area contributed by atoms with Gasteiger partial charge < -0.3 is 14.7 Å². The Bertz CT molecular complexity index is 499. The van der Waals surface area contributed by atoms with E-state index in [1.807, 2.05) is 0 Å². The van der Waals surface area contributed by atoms with Gasteiger partial charge in [-0.3, -0.25) is 9.59 Å². The number of hydrogen-bond acceptors (Lipinski definition) is 3. The molecule has 1 amide bonds. The number of rotatable bonds is 3. The van der Waals surface area contributed by atoms with Gasteiger partial charge in [-0.25, -0.2) is 4.39 Å². The first-order valence-corrected chi connectivity index (χ1v) is 5.33. The fraction of sp³-hybridized carbons (Fsp3) is 0.333. The first-order chi connectivity index (χ1) is 8.49. The summed E-state index contributed by atoms with van der Waals surface area (Å²) in [5.74, 6) is -2.50. The molecule has 96 valence electrons. The minimum absolute atomic E-state index is 0.0509. The molecule has 1 aliphatic rings. The van der Waals surface area contributed by atoms with Crippen LogP contribution in [0.5, 0.6) is 0 Å². The lowest BCUT2D eigenvalue weighted by Gasteiger charge is -2.38. The molecule has 1 aliphatic heterocycles. The lowest BCUT2D eigenvalue weighted by atomic mass is 9.84. The third kappa shape index (κ3) is 1.74. The second-order valence-corrected chi connectivity index (χ2v) is 4.20. The first-order valence-electron chi connectivity index (χ1n) is 5.33. The summed E-state index contributed by atoms with van der Waals surface area (Å²) >= 11 is 0. The molecular formula is C12H12FNO4. The van der Waals surface area contributed by atoms with Gasteiger partial charge in [-0.2, -0.15) is 0 Å². The van der Waals surface area contributed by atoms with Gasteiger partial charge in [0.25, 0.3) is 0 Å². The number of para-hydroxylation sites is 1. The van der Waals surface area contributed by atoms with Crippen LogP contribution in [-0.2, 0) is 14.3 Å². The van der Waals surface area contributed by atoms with E-state index in [2.05, 4.69) is 0 Å². The molecule has 5 nitrogen and oxygen atoms in total. The highest BCUT2D eigenvalue weighted by Crippen LogP contribution is 2.32. The SMILES string of the molecule is CN(C(=O)C1(C(=O)O)COC1)c1ccccc1F. The van der Waals surface area contributed by atoms with E-state index in [4.69, 9.17) is 9.84 Å². The van der Waals surface area contributed by atoms with Crippen molar-refractivity contribution in [1.82, 2.24) is 0 Å². The monoisotopic (exact) mass is 253 g/mol. The molecule has 0 unspecified atom stereocenters. The van der Waals surface area contributed by atoms with E-state index in [1.165, 1.54) is 25.2 Å². The second-order valence-electron chi connectivity index (χ2n) is 4.20. The van der Waals surface area contributed by atoms with E-state index in [1.54, 1.807) is 6.07 Å². The van der Waals surface area contributed by atoms with Crippen molar-refractivity contribution in [3.05, 3.63) is 30.1 Å². The molecule has 0 aliphatic carbocycles. The predicted molar refractivity (Wildman–Crippen MR) is 60.7 cm³/mol. The maximum Gasteiger partial charge on any atom is 0.324 e. The smallest absolute Gasteiger partial charge is 0.324 e. The van der Waals surface area contributed by atoms with Gasteiger partial charge >= 0.3 is 5.97 Å². The zero-order chi connectivity index (χ0) is 13.3. The number of halogens is 1. The third-order valence-electron chi connectivity index (χ3n) is 3.03. The second kappa shape index (κ2) is 4.38. The Kier molecular flexibility index (Phi) is 3.04. The van der Waals surface area contributed by atoms with Crippen LogP contribution in [0.3, 0.4) is 0 Å². The van der Waals surface area contributed by atoms with Crippen molar-refractivity contribution in [3.8, 4) is 0 Å². The van der Waals surface area contributed by atoms with Crippen molar-refractivity contribution in [3.63, 3.8) is 0 Å². The van der Waals surface area contributed by atoms with E-state index < -0.39 is 23.1 Å². The zero-order valence-corrected chi connectivity index (χ0v) is 9.72. The van der Waals surface area contributed by atoms with Crippen LogP contribution in [0.4, 0.5) is 10.1 Å². The van der Waals surface area contributed by atoms with Crippen molar-refractivity contribution in [2.24, 2.45) is 5.41 Å². The Morgan fingerprint density at radius 2 is 2.00 bits per heavy atom. The minimum Gasteiger partial charge on any atom is -0.480 e. The standard InChI is InChI=1S/C12H12FNO4/c1-14(9-5-3-2-4-8(9)13)10(15)12(11(16)17)6-18-7-12/h2-5H,6-7H2,1H3,(H,16,17). The molecular weight excluding hydrogens is 241 g/mol. The number of benzene rings is 1. The molecule has 18 heavy (non-hydrogen) atoms. The molecule has 0 bridgehead atoms. The first kappa shape index (κ1) is 12.5. The van der Waals surface area contributed by atoms with Gasteiger partial charge in [-0.05, 0) is 12.1 Å². The van der Waals surface area contributed by atoms with E-state index >= 15 is 0 Å². The fourth-order valence-electron chi connectivity index (χ4n) is 1.80. The molecule has 1 aromatic rings. The quantitative estimate of drug-likeness (QED) is 0.812. The number of carbonyl (C=O) groups excluding carboxylic acids is 1. The molecule has 1 aromatic carbocycles. The number of carboxylic acids is 1. The molecule has 0 radical (unpaired) electrons. The average Bonchev–Trinajstić information content (AvgIpc) is 2.26. The molecule has 0 aromatic heterocycles. The van der Waals surface area contributed by atoms with Gasteiger partial charge in [0.15, 0.2) is 5.41 Å². The van der Waals surface area contributed by atoms with Gasteiger partial charge in [0.1, 0.15) is 5.82 Å². The summed E-state index contributed by atoms with van der Waals surface area (Å²) in [6.45, 7) is -0.361. The molecule has 2 rings (SSSR count). The van der Waals surface area contributed by atoms with Gasteiger partial charge in [0.2, 0.25) is 5.91 Å². The number of amides is 1. The van der Waals surface area contributed by atoms with Crippen LogP contribution in [0.15, 0.2) is 24.3 Å². The van der Waals surface area contributed by atoms with Crippen molar-refractivity contribution in [2.45, 2.75) is 0 Å². The third-order valence-corrected chi connectivity index (χ3v) is 3.03. The van der Waals surface area contributed by atoms with Crippen LogP contribution >= 0.6 is 0 Å². The van der Waals surface area contributed by atoms with Gasteiger partial charge in [0, 0.05) is 7.05 Å². The van der Waals surface area contributed by atoms with E-state index in [9.17, 15) is 14.0 Å². The molecule has 1 heterocycles. The summed E-state index contributed by atoms with van der Waals surface area (Å²) < 4.78 is 18.4. The minimum atomic E-state index is -1.59. The zero-order valence-electron chi connectivity index (χ0n) is 9.72. The number of nitrogens with zero attached hydrogens (tertiary/aromatic N) is 1. The predicted octanol–water partition coefficient (Wildman–Crippen LogP) is 0.890. The van der Waals surface area contributed by atoms with Crippen molar-refractivity contribution in [2.75, 3.05) is 25.2 Å². The number of anilines is 1. The summed E-state index contributed by atoms with van der Waals surface area (Å²) in [5, 5.41) is 9.10. The summed E-state index contributed by atoms with van der Waals surface area (Å²) in [6.07, 6.45) is 0. The maximum atomic E-state index is 13.5. The summed E-state index contributed by atoms with van der Waals surface area (Å²) in [4.78, 5) is 24.3. The van der Waals surface area contributed by atoms with Crippen LogP contribution in [0.2, 0.25) is 0 Å². The van der Waals surface area contributed by atoms with Crippen LogP contribution < -0.4 is 4.90 Å².